The summed E-state index contributed by atoms with van der Waals surface area (Å²) in [7, 11) is 3.01. The van der Waals surface area contributed by atoms with E-state index < -0.39 is 0 Å². The molecule has 2 atom stereocenters. The number of hydrogen-bond donors (Lipinski definition) is 0. The van der Waals surface area contributed by atoms with Crippen LogP contribution in [0.3, 0.4) is 0 Å². The predicted molar refractivity (Wildman–Crippen MR) is 80.6 cm³/mol. The lowest BCUT2D eigenvalue weighted by atomic mass is 9.85. The van der Waals surface area contributed by atoms with Crippen molar-refractivity contribution in [2.45, 2.75) is 32.5 Å². The number of benzene rings is 1. The monoisotopic (exact) mass is 273 g/mol. The minimum atomic E-state index is -0.278. The quantitative estimate of drug-likeness (QED) is 0.785. The molecule has 107 valence electrons. The largest absolute Gasteiger partial charge is 0.476 e. The van der Waals surface area contributed by atoms with E-state index in [1.807, 2.05) is 6.07 Å². The highest BCUT2D eigenvalue weighted by Gasteiger charge is 2.31. The molecule has 0 saturated carbocycles. The van der Waals surface area contributed by atoms with Crippen LogP contribution in [0.2, 0.25) is 0 Å². The summed E-state index contributed by atoms with van der Waals surface area (Å²) in [6, 6.07) is 11.1. The van der Waals surface area contributed by atoms with Gasteiger partial charge in [-0.3, -0.25) is 9.69 Å². The van der Waals surface area contributed by atoms with Gasteiger partial charge in [-0.1, -0.05) is 30.3 Å². The maximum atomic E-state index is 11.4. The average Bonchev–Trinajstić information content (AvgIpc) is 2.43. The molecule has 1 radical (unpaired) electrons. The molecule has 1 fully saturated rings. The van der Waals surface area contributed by atoms with E-state index >= 15 is 0 Å². The SMILES string of the molecule is COC(=O)[B]N1[C@H](C)CN(Cc2ccccc2)C[C@@H]1C. The van der Waals surface area contributed by atoms with Gasteiger partial charge in [-0.15, -0.1) is 0 Å². The summed E-state index contributed by atoms with van der Waals surface area (Å²) in [5.74, 6) is -0.278. The third-order valence-corrected chi connectivity index (χ3v) is 3.77. The van der Waals surface area contributed by atoms with Crippen LogP contribution in [0.4, 0.5) is 4.79 Å². The topological polar surface area (TPSA) is 32.8 Å². The van der Waals surface area contributed by atoms with Crippen LogP contribution in [0.1, 0.15) is 19.4 Å². The molecule has 2 rings (SSSR count). The first-order valence-corrected chi connectivity index (χ1v) is 7.06. The van der Waals surface area contributed by atoms with Crippen molar-refractivity contribution in [3.8, 4) is 0 Å². The summed E-state index contributed by atoms with van der Waals surface area (Å²) in [6.07, 6.45) is 0. The molecule has 0 aliphatic carbocycles. The summed E-state index contributed by atoms with van der Waals surface area (Å²) in [4.78, 5) is 16.0. The molecule has 1 aromatic rings. The minimum Gasteiger partial charge on any atom is -0.476 e. The Balaban J connectivity index is 1.93. The first-order valence-electron chi connectivity index (χ1n) is 7.06. The van der Waals surface area contributed by atoms with Crippen LogP contribution in [-0.2, 0) is 11.3 Å². The zero-order chi connectivity index (χ0) is 14.5. The van der Waals surface area contributed by atoms with Crippen LogP contribution in [-0.4, -0.2) is 55.3 Å². The third kappa shape index (κ3) is 3.84. The van der Waals surface area contributed by atoms with Gasteiger partial charge in [-0.25, -0.2) is 0 Å². The van der Waals surface area contributed by atoms with Crippen LogP contribution in [0.15, 0.2) is 30.3 Å². The Bertz CT molecular complexity index is 429. The van der Waals surface area contributed by atoms with E-state index in [0.29, 0.717) is 12.1 Å². The second kappa shape index (κ2) is 6.91. The molecular formula is C15H22BN2O2. The number of methoxy groups -OCH3 is 1. The molecular weight excluding hydrogens is 251 g/mol. The second-order valence-electron chi connectivity index (χ2n) is 5.48. The molecule has 4 nitrogen and oxygen atoms in total. The van der Waals surface area contributed by atoms with Crippen molar-refractivity contribution in [3.63, 3.8) is 0 Å². The van der Waals surface area contributed by atoms with Crippen molar-refractivity contribution in [1.82, 2.24) is 9.71 Å². The van der Waals surface area contributed by atoms with Crippen LogP contribution < -0.4 is 0 Å². The number of carbonyl (C=O) groups excluding carboxylic acids is 1. The first-order chi connectivity index (χ1) is 9.60. The first kappa shape index (κ1) is 15.1. The molecule has 1 aliphatic heterocycles. The molecule has 20 heavy (non-hydrogen) atoms. The zero-order valence-electron chi connectivity index (χ0n) is 12.5. The second-order valence-corrected chi connectivity index (χ2v) is 5.48. The fourth-order valence-corrected chi connectivity index (χ4v) is 2.84. The molecule has 0 amide bonds. The summed E-state index contributed by atoms with van der Waals surface area (Å²) in [5, 5.41) is 0. The molecule has 0 spiro atoms. The Hall–Kier alpha value is -1.33. The zero-order valence-corrected chi connectivity index (χ0v) is 12.5. The van der Waals surface area contributed by atoms with E-state index in [1.165, 1.54) is 12.7 Å². The van der Waals surface area contributed by atoms with E-state index in [2.05, 4.69) is 47.8 Å². The summed E-state index contributed by atoms with van der Waals surface area (Å²) < 4.78 is 4.72. The number of carbonyl (C=O) groups is 1. The van der Waals surface area contributed by atoms with Gasteiger partial charge in [0.1, 0.15) is 0 Å². The number of nitrogens with zero attached hydrogens (tertiary/aromatic N) is 2. The summed E-state index contributed by atoms with van der Waals surface area (Å²) in [5.41, 5.74) is 1.33. The smallest absolute Gasteiger partial charge is 0.357 e. The lowest BCUT2D eigenvalue weighted by Crippen LogP contribution is -2.58. The fraction of sp³-hybridized carbons (Fsp3) is 0.533. The Morgan fingerprint density at radius 2 is 1.85 bits per heavy atom. The van der Waals surface area contributed by atoms with Gasteiger partial charge in [0.25, 0.3) is 5.87 Å². The van der Waals surface area contributed by atoms with Crippen molar-refractivity contribution < 1.29 is 9.53 Å². The molecule has 1 heterocycles. The molecule has 0 N–H and O–H groups in total. The van der Waals surface area contributed by atoms with E-state index in [1.54, 1.807) is 7.41 Å². The lowest BCUT2D eigenvalue weighted by molar-refractivity contribution is 0.0939. The highest BCUT2D eigenvalue weighted by atomic mass is 16.5. The Labute approximate surface area is 122 Å². The van der Waals surface area contributed by atoms with Crippen molar-refractivity contribution >= 4 is 13.3 Å². The number of hydrogen-bond acceptors (Lipinski definition) is 4. The standard InChI is InChI=1S/C15H22BN2O2/c1-12-9-17(11-14-7-5-4-6-8-14)10-13(2)18(12)16-15(19)20-3/h4-8,12-13H,9-11H2,1-3H3/t12-,13+. The van der Waals surface area contributed by atoms with Crippen molar-refractivity contribution in [1.29, 1.82) is 0 Å². The van der Waals surface area contributed by atoms with Crippen LogP contribution in [0.5, 0.6) is 0 Å². The van der Waals surface area contributed by atoms with E-state index in [-0.39, 0.29) is 5.87 Å². The van der Waals surface area contributed by atoms with Gasteiger partial charge in [0, 0.05) is 31.7 Å². The third-order valence-electron chi connectivity index (χ3n) is 3.77. The number of ether oxygens (including phenoxy) is 1. The van der Waals surface area contributed by atoms with Gasteiger partial charge in [-0.05, 0) is 19.4 Å². The van der Waals surface area contributed by atoms with E-state index in [9.17, 15) is 4.79 Å². The van der Waals surface area contributed by atoms with Crippen molar-refractivity contribution in [3.05, 3.63) is 35.9 Å². The van der Waals surface area contributed by atoms with Gasteiger partial charge in [0.15, 0.2) is 0 Å². The minimum absolute atomic E-state index is 0.278. The summed E-state index contributed by atoms with van der Waals surface area (Å²) >= 11 is 0. The Morgan fingerprint density at radius 3 is 2.40 bits per heavy atom. The number of rotatable bonds is 4. The van der Waals surface area contributed by atoms with Crippen molar-refractivity contribution in [2.75, 3.05) is 20.2 Å². The highest BCUT2D eigenvalue weighted by molar-refractivity contribution is 6.69. The molecule has 1 aromatic carbocycles. The molecule has 5 heteroatoms. The van der Waals surface area contributed by atoms with Crippen LogP contribution >= 0.6 is 0 Å². The van der Waals surface area contributed by atoms with Gasteiger partial charge in [-0.2, -0.15) is 0 Å². The van der Waals surface area contributed by atoms with Gasteiger partial charge in [0.05, 0.1) is 7.11 Å². The maximum Gasteiger partial charge on any atom is 0.357 e. The van der Waals surface area contributed by atoms with E-state index in [4.69, 9.17) is 4.74 Å². The fourth-order valence-electron chi connectivity index (χ4n) is 2.84. The summed E-state index contributed by atoms with van der Waals surface area (Å²) in [6.45, 7) is 7.15. The van der Waals surface area contributed by atoms with Gasteiger partial charge in [0.2, 0.25) is 0 Å². The Kier molecular flexibility index (Phi) is 5.20. The Morgan fingerprint density at radius 1 is 1.25 bits per heavy atom. The van der Waals surface area contributed by atoms with E-state index in [0.717, 1.165) is 19.6 Å². The van der Waals surface area contributed by atoms with Gasteiger partial charge >= 0.3 is 7.41 Å². The average molecular weight is 273 g/mol. The molecule has 0 unspecified atom stereocenters. The van der Waals surface area contributed by atoms with Crippen LogP contribution in [0.25, 0.3) is 0 Å². The van der Waals surface area contributed by atoms with Crippen molar-refractivity contribution in [2.24, 2.45) is 0 Å². The number of piperazine rings is 1. The lowest BCUT2D eigenvalue weighted by Gasteiger charge is -2.44. The normalized spacial score (nSPS) is 24.4. The molecule has 1 saturated heterocycles. The highest BCUT2D eigenvalue weighted by Crippen LogP contribution is 2.17. The molecule has 0 aromatic heterocycles. The molecule has 0 bridgehead atoms. The van der Waals surface area contributed by atoms with Crippen LogP contribution in [0, 0.1) is 0 Å². The van der Waals surface area contributed by atoms with Gasteiger partial charge < -0.3 is 9.55 Å². The maximum absolute atomic E-state index is 11.4. The predicted octanol–water partition coefficient (Wildman–Crippen LogP) is 1.97. The molecule has 1 aliphatic rings.